The SMILES string of the molecule is CCC1CCC(c2nc(Cl)c3cc(C)sc3n2)C1. The predicted molar refractivity (Wildman–Crippen MR) is 77.5 cm³/mol. The molecule has 2 aromatic heterocycles. The minimum absolute atomic E-state index is 0.513. The van der Waals surface area contributed by atoms with Gasteiger partial charge in [-0.1, -0.05) is 24.9 Å². The summed E-state index contributed by atoms with van der Waals surface area (Å²) >= 11 is 7.99. The van der Waals surface area contributed by atoms with Crippen molar-refractivity contribution in [2.45, 2.75) is 45.4 Å². The molecule has 0 spiro atoms. The van der Waals surface area contributed by atoms with Crippen molar-refractivity contribution in [3.63, 3.8) is 0 Å². The Morgan fingerprint density at radius 3 is 2.94 bits per heavy atom. The zero-order chi connectivity index (χ0) is 12.7. The molecule has 1 aliphatic rings. The molecule has 1 aliphatic carbocycles. The third kappa shape index (κ3) is 2.14. The molecule has 0 bridgehead atoms. The van der Waals surface area contributed by atoms with E-state index in [1.54, 1.807) is 11.3 Å². The second-order valence-electron chi connectivity index (χ2n) is 5.23. The molecule has 0 N–H and O–H groups in total. The molecule has 2 atom stereocenters. The number of fused-ring (bicyclic) bond motifs is 1. The summed E-state index contributed by atoms with van der Waals surface area (Å²) in [7, 11) is 0. The molecule has 0 amide bonds. The summed E-state index contributed by atoms with van der Waals surface area (Å²) in [4.78, 5) is 11.5. The fraction of sp³-hybridized carbons (Fsp3) is 0.571. The van der Waals surface area contributed by atoms with Crippen LogP contribution < -0.4 is 0 Å². The van der Waals surface area contributed by atoms with Crippen LogP contribution in [0.5, 0.6) is 0 Å². The molecule has 2 nitrogen and oxygen atoms in total. The molecule has 4 heteroatoms. The maximum absolute atomic E-state index is 6.28. The maximum atomic E-state index is 6.28. The number of nitrogens with zero attached hydrogens (tertiary/aromatic N) is 2. The first-order chi connectivity index (χ1) is 8.67. The van der Waals surface area contributed by atoms with Gasteiger partial charge in [-0.3, -0.25) is 0 Å². The highest BCUT2D eigenvalue weighted by atomic mass is 35.5. The van der Waals surface area contributed by atoms with E-state index in [4.69, 9.17) is 16.6 Å². The largest absolute Gasteiger partial charge is 0.222 e. The smallest absolute Gasteiger partial charge is 0.141 e. The van der Waals surface area contributed by atoms with Crippen molar-refractivity contribution in [1.82, 2.24) is 9.97 Å². The number of aryl methyl sites for hydroxylation is 1. The van der Waals surface area contributed by atoms with E-state index in [1.807, 2.05) is 0 Å². The molecule has 3 rings (SSSR count). The first kappa shape index (κ1) is 12.4. The Labute approximate surface area is 116 Å². The third-order valence-electron chi connectivity index (χ3n) is 3.97. The van der Waals surface area contributed by atoms with Crippen molar-refractivity contribution in [3.05, 3.63) is 21.9 Å². The number of aromatic nitrogens is 2. The molecule has 0 saturated heterocycles. The van der Waals surface area contributed by atoms with Crippen molar-refractivity contribution in [2.75, 3.05) is 0 Å². The van der Waals surface area contributed by atoms with Crippen molar-refractivity contribution in [2.24, 2.45) is 5.92 Å². The Morgan fingerprint density at radius 2 is 2.22 bits per heavy atom. The van der Waals surface area contributed by atoms with Crippen LogP contribution in [0, 0.1) is 12.8 Å². The van der Waals surface area contributed by atoms with Crippen LogP contribution in [-0.4, -0.2) is 9.97 Å². The number of hydrogen-bond donors (Lipinski definition) is 0. The van der Waals surface area contributed by atoms with Gasteiger partial charge in [-0.25, -0.2) is 9.97 Å². The van der Waals surface area contributed by atoms with E-state index in [0.29, 0.717) is 11.1 Å². The Bertz CT molecular complexity index is 578. The van der Waals surface area contributed by atoms with Gasteiger partial charge >= 0.3 is 0 Å². The molecular formula is C14H17ClN2S. The lowest BCUT2D eigenvalue weighted by Gasteiger charge is -2.09. The van der Waals surface area contributed by atoms with Gasteiger partial charge in [-0.05, 0) is 38.2 Å². The summed E-state index contributed by atoms with van der Waals surface area (Å²) < 4.78 is 0. The average molecular weight is 281 g/mol. The highest BCUT2D eigenvalue weighted by Gasteiger charge is 2.27. The molecule has 1 fully saturated rings. The zero-order valence-electron chi connectivity index (χ0n) is 10.7. The molecule has 2 unspecified atom stereocenters. The Kier molecular flexibility index (Phi) is 3.29. The van der Waals surface area contributed by atoms with Crippen LogP contribution >= 0.6 is 22.9 Å². The summed E-state index contributed by atoms with van der Waals surface area (Å²) in [6, 6.07) is 2.08. The standard InChI is InChI=1S/C14H17ClN2S/c1-3-9-4-5-10(7-9)13-16-12(15)11-6-8(2)18-14(11)17-13/h6,9-10H,3-5,7H2,1-2H3. The minimum atomic E-state index is 0.513. The lowest BCUT2D eigenvalue weighted by Crippen LogP contribution is -2.01. The number of rotatable bonds is 2. The Balaban J connectivity index is 1.97. The Hall–Kier alpha value is -0.670. The van der Waals surface area contributed by atoms with E-state index in [-0.39, 0.29) is 0 Å². The summed E-state index contributed by atoms with van der Waals surface area (Å²) in [5.41, 5.74) is 0. The predicted octanol–water partition coefficient (Wildman–Crippen LogP) is 4.95. The van der Waals surface area contributed by atoms with E-state index in [9.17, 15) is 0 Å². The van der Waals surface area contributed by atoms with E-state index >= 15 is 0 Å². The zero-order valence-corrected chi connectivity index (χ0v) is 12.3. The minimum Gasteiger partial charge on any atom is -0.222 e. The first-order valence-corrected chi connectivity index (χ1v) is 7.80. The van der Waals surface area contributed by atoms with Gasteiger partial charge in [0, 0.05) is 16.2 Å². The normalized spacial score (nSPS) is 23.9. The van der Waals surface area contributed by atoms with Crippen LogP contribution in [0.4, 0.5) is 0 Å². The molecule has 0 aliphatic heterocycles. The van der Waals surface area contributed by atoms with Gasteiger partial charge in [0.2, 0.25) is 0 Å². The second-order valence-corrected chi connectivity index (χ2v) is 6.83. The van der Waals surface area contributed by atoms with Gasteiger partial charge in [0.1, 0.15) is 15.8 Å². The summed E-state index contributed by atoms with van der Waals surface area (Å²) in [6.07, 6.45) is 5.02. The van der Waals surface area contributed by atoms with Gasteiger partial charge in [0.05, 0.1) is 0 Å². The quantitative estimate of drug-likeness (QED) is 0.728. The summed E-state index contributed by atoms with van der Waals surface area (Å²) in [6.45, 7) is 4.36. The van der Waals surface area contributed by atoms with E-state index in [0.717, 1.165) is 22.0 Å². The second kappa shape index (κ2) is 4.78. The summed E-state index contributed by atoms with van der Waals surface area (Å²) in [5.74, 6) is 2.32. The first-order valence-electron chi connectivity index (χ1n) is 6.61. The topological polar surface area (TPSA) is 25.8 Å². The van der Waals surface area contributed by atoms with Crippen molar-refractivity contribution < 1.29 is 0 Å². The third-order valence-corrected chi connectivity index (χ3v) is 5.20. The number of thiophene rings is 1. The lowest BCUT2D eigenvalue weighted by molar-refractivity contribution is 0.517. The monoisotopic (exact) mass is 280 g/mol. The van der Waals surface area contributed by atoms with Gasteiger partial charge < -0.3 is 0 Å². The highest BCUT2D eigenvalue weighted by molar-refractivity contribution is 7.18. The maximum Gasteiger partial charge on any atom is 0.141 e. The van der Waals surface area contributed by atoms with Gasteiger partial charge in [-0.15, -0.1) is 11.3 Å². The van der Waals surface area contributed by atoms with E-state index in [1.165, 1.54) is 30.6 Å². The molecular weight excluding hydrogens is 264 g/mol. The van der Waals surface area contributed by atoms with Crippen LogP contribution in [0.3, 0.4) is 0 Å². The number of hydrogen-bond acceptors (Lipinski definition) is 3. The molecule has 96 valence electrons. The molecule has 2 aromatic rings. The van der Waals surface area contributed by atoms with Crippen LogP contribution in [0.1, 0.15) is 49.2 Å². The molecule has 2 heterocycles. The molecule has 18 heavy (non-hydrogen) atoms. The van der Waals surface area contributed by atoms with Gasteiger partial charge in [0.25, 0.3) is 0 Å². The fourth-order valence-electron chi connectivity index (χ4n) is 2.89. The number of halogens is 1. The van der Waals surface area contributed by atoms with Crippen molar-refractivity contribution in [3.8, 4) is 0 Å². The lowest BCUT2D eigenvalue weighted by atomic mass is 10.0. The molecule has 0 radical (unpaired) electrons. The van der Waals surface area contributed by atoms with Gasteiger partial charge in [0.15, 0.2) is 0 Å². The van der Waals surface area contributed by atoms with Crippen LogP contribution in [-0.2, 0) is 0 Å². The van der Waals surface area contributed by atoms with Crippen LogP contribution in [0.15, 0.2) is 6.07 Å². The van der Waals surface area contributed by atoms with E-state index in [2.05, 4.69) is 24.9 Å². The Morgan fingerprint density at radius 1 is 1.39 bits per heavy atom. The van der Waals surface area contributed by atoms with Crippen LogP contribution in [0.25, 0.3) is 10.2 Å². The van der Waals surface area contributed by atoms with Crippen molar-refractivity contribution >= 4 is 33.2 Å². The highest BCUT2D eigenvalue weighted by Crippen LogP contribution is 2.40. The van der Waals surface area contributed by atoms with Gasteiger partial charge in [-0.2, -0.15) is 0 Å². The van der Waals surface area contributed by atoms with Crippen molar-refractivity contribution in [1.29, 1.82) is 0 Å². The molecule has 1 saturated carbocycles. The average Bonchev–Trinajstić information content (AvgIpc) is 2.94. The molecule has 0 aromatic carbocycles. The fourth-order valence-corrected chi connectivity index (χ4v) is 4.06. The summed E-state index contributed by atoms with van der Waals surface area (Å²) in [5, 5.41) is 1.63. The van der Waals surface area contributed by atoms with E-state index < -0.39 is 0 Å². The van der Waals surface area contributed by atoms with Crippen LogP contribution in [0.2, 0.25) is 5.15 Å².